The zero-order valence-corrected chi connectivity index (χ0v) is 17.6. The van der Waals surface area contributed by atoms with Crippen molar-refractivity contribution >= 4 is 22.8 Å². The Morgan fingerprint density at radius 2 is 2.06 bits per heavy atom. The van der Waals surface area contributed by atoms with E-state index in [1.165, 1.54) is 9.13 Å². The van der Waals surface area contributed by atoms with Crippen molar-refractivity contribution in [3.8, 4) is 24.2 Å². The lowest BCUT2D eigenvalue weighted by Gasteiger charge is -2.21. The fourth-order valence-corrected chi connectivity index (χ4v) is 3.50. The van der Waals surface area contributed by atoms with Crippen molar-refractivity contribution in [3.05, 3.63) is 34.2 Å². The number of hydrogen-bond acceptors (Lipinski definition) is 5. The van der Waals surface area contributed by atoms with Crippen LogP contribution in [0.15, 0.2) is 23.0 Å². The third-order valence-corrected chi connectivity index (χ3v) is 5.18. The lowest BCUT2D eigenvalue weighted by Crippen LogP contribution is -2.44. The number of imide groups is 1. The van der Waals surface area contributed by atoms with E-state index in [1.807, 2.05) is 6.92 Å². The van der Waals surface area contributed by atoms with E-state index in [9.17, 15) is 14.4 Å². The summed E-state index contributed by atoms with van der Waals surface area (Å²) in [7, 11) is 1.65. The molecule has 162 valence electrons. The molecule has 1 aliphatic heterocycles. The van der Waals surface area contributed by atoms with Gasteiger partial charge in [0.2, 0.25) is 11.8 Å². The Kier molecular flexibility index (Phi) is 7.30. The molecule has 0 saturated carbocycles. The van der Waals surface area contributed by atoms with Gasteiger partial charge < -0.3 is 9.47 Å². The van der Waals surface area contributed by atoms with Gasteiger partial charge in [0.15, 0.2) is 0 Å². The number of ether oxygens (including phenoxy) is 2. The Bertz CT molecular complexity index is 1140. The van der Waals surface area contributed by atoms with Crippen LogP contribution in [-0.4, -0.2) is 46.9 Å². The first-order chi connectivity index (χ1) is 15.0. The first-order valence-electron chi connectivity index (χ1n) is 10.1. The average Bonchev–Trinajstić information content (AvgIpc) is 3.00. The number of fused-ring (bicyclic) bond motifs is 1. The topological polar surface area (TPSA) is 91.6 Å². The highest BCUT2D eigenvalue weighted by molar-refractivity contribution is 6.00. The normalized spacial score (nSPS) is 17.0. The van der Waals surface area contributed by atoms with Crippen molar-refractivity contribution in [2.45, 2.75) is 38.3 Å². The molecular formula is C23H25N3O5. The third kappa shape index (κ3) is 5.05. The van der Waals surface area contributed by atoms with E-state index >= 15 is 0 Å². The number of imidazole rings is 1. The molecule has 2 aromatic rings. The molecule has 2 heterocycles. The second-order valence-corrected chi connectivity index (χ2v) is 7.24. The molecule has 0 bridgehead atoms. The highest BCUT2D eigenvalue weighted by Crippen LogP contribution is 2.23. The number of nitrogens with zero attached hydrogens (tertiary/aromatic N) is 2. The molecule has 1 aromatic heterocycles. The molecule has 0 radical (unpaired) electrons. The number of amides is 2. The fraction of sp³-hybridized carbons (Fsp3) is 0.435. The van der Waals surface area contributed by atoms with Crippen LogP contribution in [0.5, 0.6) is 0 Å². The maximum absolute atomic E-state index is 12.8. The molecule has 1 aromatic carbocycles. The van der Waals surface area contributed by atoms with Gasteiger partial charge >= 0.3 is 5.69 Å². The number of nitrogens with one attached hydrogen (secondary N) is 1. The Morgan fingerprint density at radius 3 is 2.77 bits per heavy atom. The van der Waals surface area contributed by atoms with Crippen LogP contribution >= 0.6 is 0 Å². The number of benzene rings is 1. The summed E-state index contributed by atoms with van der Waals surface area (Å²) in [6.07, 6.45) is 6.43. The van der Waals surface area contributed by atoms with E-state index in [4.69, 9.17) is 15.9 Å². The SMILES string of the molecule is C#CCOC(CC)COCC#Cc1ccc2c(c1)n(C)c(=O)n2C1CCC(=O)NC1=O. The van der Waals surface area contributed by atoms with Gasteiger partial charge in [-0.2, -0.15) is 0 Å². The molecule has 0 spiro atoms. The molecule has 1 fully saturated rings. The monoisotopic (exact) mass is 423 g/mol. The van der Waals surface area contributed by atoms with Gasteiger partial charge in [0, 0.05) is 19.0 Å². The molecular weight excluding hydrogens is 398 g/mol. The number of aromatic nitrogens is 2. The van der Waals surface area contributed by atoms with Crippen LogP contribution < -0.4 is 11.0 Å². The molecule has 2 atom stereocenters. The first kappa shape index (κ1) is 22.4. The predicted molar refractivity (Wildman–Crippen MR) is 115 cm³/mol. The average molecular weight is 423 g/mol. The Morgan fingerprint density at radius 1 is 1.26 bits per heavy atom. The van der Waals surface area contributed by atoms with Gasteiger partial charge in [-0.25, -0.2) is 4.79 Å². The van der Waals surface area contributed by atoms with E-state index in [1.54, 1.807) is 25.2 Å². The number of piperidine rings is 1. The number of terminal acetylenes is 1. The minimum atomic E-state index is -0.706. The summed E-state index contributed by atoms with van der Waals surface area (Å²) in [5.41, 5.74) is 1.70. The van der Waals surface area contributed by atoms with E-state index in [2.05, 4.69) is 23.1 Å². The quantitative estimate of drug-likeness (QED) is 0.409. The van der Waals surface area contributed by atoms with E-state index < -0.39 is 11.9 Å². The predicted octanol–water partition coefficient (Wildman–Crippen LogP) is 1.11. The van der Waals surface area contributed by atoms with Crippen LogP contribution in [0, 0.1) is 24.2 Å². The number of carbonyl (C=O) groups excluding carboxylic acids is 2. The molecule has 2 unspecified atom stereocenters. The zero-order chi connectivity index (χ0) is 22.4. The van der Waals surface area contributed by atoms with Gasteiger partial charge in [0.25, 0.3) is 0 Å². The van der Waals surface area contributed by atoms with Crippen LogP contribution in [0.1, 0.15) is 37.8 Å². The van der Waals surface area contributed by atoms with Crippen molar-refractivity contribution in [2.75, 3.05) is 19.8 Å². The number of rotatable bonds is 7. The van der Waals surface area contributed by atoms with E-state index in [-0.39, 0.29) is 37.3 Å². The summed E-state index contributed by atoms with van der Waals surface area (Å²) >= 11 is 0. The Labute approximate surface area is 180 Å². The molecule has 1 aliphatic rings. The standard InChI is InChI=1S/C23H25N3O5/c1-4-12-31-17(5-2)15-30-13-6-7-16-8-9-18-20(14-16)25(3)23(29)26(18)19-10-11-21(27)24-22(19)28/h1,8-9,14,17,19H,5,10-13,15H2,2-3H3,(H,24,27,28). The molecule has 8 heteroatoms. The first-order valence-corrected chi connectivity index (χ1v) is 10.1. The lowest BCUT2D eigenvalue weighted by molar-refractivity contribution is -0.135. The molecule has 0 aliphatic carbocycles. The van der Waals surface area contributed by atoms with Gasteiger partial charge in [0.05, 0.1) is 23.7 Å². The van der Waals surface area contributed by atoms with Gasteiger partial charge in [-0.3, -0.25) is 24.0 Å². The Balaban J connectivity index is 1.73. The number of carbonyl (C=O) groups is 2. The van der Waals surface area contributed by atoms with Crippen LogP contribution in [0.4, 0.5) is 0 Å². The number of hydrogen-bond donors (Lipinski definition) is 1. The Hall–Kier alpha value is -3.33. The lowest BCUT2D eigenvalue weighted by atomic mass is 10.1. The molecule has 3 rings (SSSR count). The molecule has 2 amide bonds. The minimum absolute atomic E-state index is 0.0595. The zero-order valence-electron chi connectivity index (χ0n) is 17.6. The van der Waals surface area contributed by atoms with Crippen molar-refractivity contribution in [1.82, 2.24) is 14.5 Å². The second-order valence-electron chi connectivity index (χ2n) is 7.24. The summed E-state index contributed by atoms with van der Waals surface area (Å²) in [6, 6.07) is 4.66. The maximum atomic E-state index is 12.8. The minimum Gasteiger partial charge on any atom is -0.366 e. The number of aryl methyl sites for hydroxylation is 1. The highest BCUT2D eigenvalue weighted by atomic mass is 16.5. The van der Waals surface area contributed by atoms with Crippen LogP contribution in [-0.2, 0) is 26.1 Å². The van der Waals surface area contributed by atoms with Crippen LogP contribution in [0.2, 0.25) is 0 Å². The molecule has 8 nitrogen and oxygen atoms in total. The summed E-state index contributed by atoms with van der Waals surface area (Å²) in [5.74, 6) is 7.64. The van der Waals surface area contributed by atoms with Crippen molar-refractivity contribution in [3.63, 3.8) is 0 Å². The van der Waals surface area contributed by atoms with Crippen molar-refractivity contribution < 1.29 is 19.1 Å². The van der Waals surface area contributed by atoms with Gasteiger partial charge in [-0.1, -0.05) is 24.7 Å². The molecule has 1 N–H and O–H groups in total. The van der Waals surface area contributed by atoms with Gasteiger partial charge in [-0.05, 0) is 31.0 Å². The van der Waals surface area contributed by atoms with Crippen LogP contribution in [0.3, 0.4) is 0 Å². The summed E-state index contributed by atoms with van der Waals surface area (Å²) in [5, 5.41) is 2.30. The second kappa shape index (κ2) is 10.1. The smallest absolute Gasteiger partial charge is 0.329 e. The molecule has 31 heavy (non-hydrogen) atoms. The molecule has 1 saturated heterocycles. The van der Waals surface area contributed by atoms with E-state index in [0.717, 1.165) is 12.0 Å². The van der Waals surface area contributed by atoms with E-state index in [0.29, 0.717) is 24.1 Å². The highest BCUT2D eigenvalue weighted by Gasteiger charge is 2.31. The maximum Gasteiger partial charge on any atom is 0.329 e. The van der Waals surface area contributed by atoms with Gasteiger partial charge in [-0.15, -0.1) is 6.42 Å². The largest absolute Gasteiger partial charge is 0.366 e. The third-order valence-electron chi connectivity index (χ3n) is 5.18. The summed E-state index contributed by atoms with van der Waals surface area (Å²) in [6.45, 7) is 2.90. The fourth-order valence-electron chi connectivity index (χ4n) is 3.50. The summed E-state index contributed by atoms with van der Waals surface area (Å²) in [4.78, 5) is 36.5. The van der Waals surface area contributed by atoms with Gasteiger partial charge in [0.1, 0.15) is 19.3 Å². The van der Waals surface area contributed by atoms with Crippen molar-refractivity contribution in [1.29, 1.82) is 0 Å². The van der Waals surface area contributed by atoms with Crippen LogP contribution in [0.25, 0.3) is 11.0 Å². The summed E-state index contributed by atoms with van der Waals surface area (Å²) < 4.78 is 13.9. The van der Waals surface area contributed by atoms with Crippen molar-refractivity contribution in [2.24, 2.45) is 7.05 Å².